The Kier molecular flexibility index (Phi) is 9.84. The van der Waals surface area contributed by atoms with Crippen molar-refractivity contribution in [1.82, 2.24) is 20.6 Å². The van der Waals surface area contributed by atoms with Crippen LogP contribution in [-0.4, -0.2) is 16.0 Å². The van der Waals surface area contributed by atoms with Gasteiger partial charge in [0.05, 0.1) is 11.8 Å². The van der Waals surface area contributed by atoms with Crippen molar-refractivity contribution in [2.45, 2.75) is 26.6 Å². The van der Waals surface area contributed by atoms with Crippen LogP contribution in [0.3, 0.4) is 0 Å². The van der Waals surface area contributed by atoms with Crippen LogP contribution in [0.5, 0.6) is 0 Å². The van der Waals surface area contributed by atoms with E-state index in [9.17, 15) is 18.0 Å². The minimum absolute atomic E-state index is 0.0365. The molecule has 2 aromatic carbocycles. The van der Waals surface area contributed by atoms with Gasteiger partial charge in [-0.05, 0) is 29.3 Å². The van der Waals surface area contributed by atoms with Gasteiger partial charge in [0.2, 0.25) is 5.88 Å². The van der Waals surface area contributed by atoms with Crippen LogP contribution in [0.15, 0.2) is 79.3 Å². The number of nitrogens with zero attached hydrogens (tertiary/aromatic N) is 2. The first-order valence-corrected chi connectivity index (χ1v) is 10.2. The van der Waals surface area contributed by atoms with Gasteiger partial charge < -0.3 is 15.5 Å². The highest BCUT2D eigenvalue weighted by Crippen LogP contribution is 2.30. The average molecular weight is 474 g/mol. The second-order valence-electron chi connectivity index (χ2n) is 6.49. The summed E-state index contributed by atoms with van der Waals surface area (Å²) in [7, 11) is 0. The standard InChI is InChI=1S/C21H19F3N6O2.C2H6/c22-21(23,24)17-2-1-3-18(8-17)29-20(31)30-19(32-25)12-26-9-14-4-6-15(7-5-14)16-10-27-13-28-11-16;1-2/h1-8,10-13,26H,9,25H2,(H2,29,30,31);1-2H3/b19-12-;. The van der Waals surface area contributed by atoms with Gasteiger partial charge in [-0.15, -0.1) is 0 Å². The Labute approximate surface area is 195 Å². The highest BCUT2D eigenvalue weighted by atomic mass is 19.4. The number of urea groups is 1. The number of amides is 2. The first-order chi connectivity index (χ1) is 16.3. The zero-order valence-corrected chi connectivity index (χ0v) is 18.6. The van der Waals surface area contributed by atoms with E-state index < -0.39 is 17.8 Å². The molecule has 2 amide bonds. The van der Waals surface area contributed by atoms with Crippen molar-refractivity contribution >= 4 is 11.7 Å². The molecule has 0 aliphatic carbocycles. The fourth-order valence-electron chi connectivity index (χ4n) is 2.67. The third-order valence-corrected chi connectivity index (χ3v) is 4.20. The molecule has 0 saturated carbocycles. The molecule has 34 heavy (non-hydrogen) atoms. The lowest BCUT2D eigenvalue weighted by Crippen LogP contribution is -2.31. The monoisotopic (exact) mass is 474 g/mol. The fraction of sp³-hybridized carbons (Fsp3) is 0.174. The predicted molar refractivity (Wildman–Crippen MR) is 123 cm³/mol. The maximum atomic E-state index is 12.8. The molecule has 0 aliphatic heterocycles. The van der Waals surface area contributed by atoms with E-state index in [1.807, 2.05) is 38.1 Å². The molecule has 0 bridgehead atoms. The van der Waals surface area contributed by atoms with Crippen molar-refractivity contribution < 1.29 is 22.8 Å². The topological polar surface area (TPSA) is 114 Å². The molecule has 11 heteroatoms. The molecule has 0 fully saturated rings. The minimum atomic E-state index is -4.52. The quantitative estimate of drug-likeness (QED) is 0.289. The molecule has 0 aliphatic rings. The largest absolute Gasteiger partial charge is 0.416 e. The number of nitrogens with one attached hydrogen (secondary N) is 3. The summed E-state index contributed by atoms with van der Waals surface area (Å²) in [5.74, 6) is 5.02. The number of aromatic nitrogens is 2. The number of anilines is 1. The number of carbonyl (C=O) groups excluding carboxylic acids is 1. The lowest BCUT2D eigenvalue weighted by molar-refractivity contribution is -0.137. The Bertz CT molecular complexity index is 1070. The molecule has 3 aromatic rings. The van der Waals surface area contributed by atoms with Gasteiger partial charge in [-0.2, -0.15) is 19.1 Å². The summed E-state index contributed by atoms with van der Waals surface area (Å²) in [5, 5.41) is 7.51. The normalized spacial score (nSPS) is 11.1. The van der Waals surface area contributed by atoms with E-state index in [4.69, 9.17) is 5.90 Å². The third kappa shape index (κ3) is 8.10. The van der Waals surface area contributed by atoms with Crippen LogP contribution in [0.2, 0.25) is 0 Å². The van der Waals surface area contributed by atoms with Gasteiger partial charge in [-0.25, -0.2) is 14.8 Å². The molecular weight excluding hydrogens is 449 g/mol. The van der Waals surface area contributed by atoms with E-state index >= 15 is 0 Å². The Balaban J connectivity index is 0.00000199. The van der Waals surface area contributed by atoms with Gasteiger partial charge in [0, 0.05) is 30.2 Å². The summed E-state index contributed by atoms with van der Waals surface area (Å²) in [4.78, 5) is 24.6. The van der Waals surface area contributed by atoms with Crippen LogP contribution in [0.4, 0.5) is 23.7 Å². The van der Waals surface area contributed by atoms with E-state index in [-0.39, 0.29) is 11.6 Å². The number of benzene rings is 2. The SMILES string of the molecule is CC.NO/C(=C\NCc1ccc(-c2cncnc2)cc1)NC(=O)Nc1cccc(C(F)(F)F)c1. The van der Waals surface area contributed by atoms with E-state index in [1.54, 1.807) is 12.4 Å². The molecule has 8 nitrogen and oxygen atoms in total. The number of hydrogen-bond acceptors (Lipinski definition) is 6. The molecule has 1 aromatic heterocycles. The molecule has 0 spiro atoms. The Morgan fingerprint density at radius 1 is 1.06 bits per heavy atom. The van der Waals surface area contributed by atoms with Crippen molar-refractivity contribution in [2.75, 3.05) is 5.32 Å². The summed E-state index contributed by atoms with van der Waals surface area (Å²) >= 11 is 0. The molecule has 0 unspecified atom stereocenters. The predicted octanol–water partition coefficient (Wildman–Crippen LogP) is 4.79. The second kappa shape index (κ2) is 12.8. The van der Waals surface area contributed by atoms with E-state index in [2.05, 4.69) is 30.8 Å². The molecule has 3 rings (SSSR count). The van der Waals surface area contributed by atoms with E-state index in [1.165, 1.54) is 24.7 Å². The first-order valence-electron chi connectivity index (χ1n) is 10.2. The zero-order chi connectivity index (χ0) is 25.0. The summed E-state index contributed by atoms with van der Waals surface area (Å²) in [6.07, 6.45) is 1.69. The van der Waals surface area contributed by atoms with E-state index in [0.717, 1.165) is 28.8 Å². The summed E-state index contributed by atoms with van der Waals surface area (Å²) in [6.45, 7) is 4.40. The van der Waals surface area contributed by atoms with Crippen LogP contribution in [0.25, 0.3) is 11.1 Å². The average Bonchev–Trinajstić information content (AvgIpc) is 2.85. The van der Waals surface area contributed by atoms with Gasteiger partial charge in [0.25, 0.3) is 0 Å². The van der Waals surface area contributed by atoms with Crippen molar-refractivity contribution in [1.29, 1.82) is 0 Å². The Morgan fingerprint density at radius 2 is 1.74 bits per heavy atom. The first kappa shape index (κ1) is 26.1. The van der Waals surface area contributed by atoms with Crippen LogP contribution in [0.1, 0.15) is 25.0 Å². The van der Waals surface area contributed by atoms with Gasteiger partial charge in [0.1, 0.15) is 6.33 Å². The number of nitrogens with two attached hydrogens (primary N) is 1. The maximum Gasteiger partial charge on any atom is 0.416 e. The fourth-order valence-corrected chi connectivity index (χ4v) is 2.67. The summed E-state index contributed by atoms with van der Waals surface area (Å²) < 4.78 is 38.3. The molecule has 1 heterocycles. The smallest absolute Gasteiger partial charge is 0.391 e. The number of hydrogen-bond donors (Lipinski definition) is 4. The lowest BCUT2D eigenvalue weighted by atomic mass is 10.1. The van der Waals surface area contributed by atoms with Gasteiger partial charge in [0.15, 0.2) is 0 Å². The highest BCUT2D eigenvalue weighted by Gasteiger charge is 2.30. The van der Waals surface area contributed by atoms with Crippen LogP contribution >= 0.6 is 0 Å². The van der Waals surface area contributed by atoms with Gasteiger partial charge >= 0.3 is 12.2 Å². The van der Waals surface area contributed by atoms with Crippen LogP contribution < -0.4 is 21.8 Å². The number of rotatable bonds is 7. The number of alkyl halides is 3. The zero-order valence-electron chi connectivity index (χ0n) is 18.6. The second-order valence-corrected chi connectivity index (χ2v) is 6.49. The molecule has 0 atom stereocenters. The highest BCUT2D eigenvalue weighted by molar-refractivity contribution is 5.90. The Hall–Kier alpha value is -4.12. The van der Waals surface area contributed by atoms with Crippen LogP contribution in [-0.2, 0) is 17.6 Å². The molecule has 0 saturated heterocycles. The molecule has 180 valence electrons. The van der Waals surface area contributed by atoms with Crippen molar-refractivity contribution in [2.24, 2.45) is 5.90 Å². The molecular formula is C23H25F3N6O2. The summed E-state index contributed by atoms with van der Waals surface area (Å²) in [5.41, 5.74) is 1.87. The van der Waals surface area contributed by atoms with Gasteiger partial charge in [-0.3, -0.25) is 5.32 Å². The van der Waals surface area contributed by atoms with Crippen LogP contribution in [0, 0.1) is 0 Å². The summed E-state index contributed by atoms with van der Waals surface area (Å²) in [6, 6.07) is 11.0. The van der Waals surface area contributed by atoms with E-state index in [0.29, 0.717) is 6.54 Å². The Morgan fingerprint density at radius 3 is 2.35 bits per heavy atom. The third-order valence-electron chi connectivity index (χ3n) is 4.20. The van der Waals surface area contributed by atoms with Crippen molar-refractivity contribution in [3.63, 3.8) is 0 Å². The maximum absolute atomic E-state index is 12.8. The number of halogens is 3. The van der Waals surface area contributed by atoms with Crippen molar-refractivity contribution in [3.8, 4) is 11.1 Å². The molecule has 5 N–H and O–H groups in total. The lowest BCUT2D eigenvalue weighted by Gasteiger charge is -2.12. The number of carbonyl (C=O) groups is 1. The van der Waals surface area contributed by atoms with Gasteiger partial charge in [-0.1, -0.05) is 44.2 Å². The van der Waals surface area contributed by atoms with Crippen molar-refractivity contribution in [3.05, 3.63) is 90.5 Å². The molecule has 0 radical (unpaired) electrons. The minimum Gasteiger partial charge on any atom is -0.391 e.